The van der Waals surface area contributed by atoms with Crippen molar-refractivity contribution in [3.8, 4) is 5.75 Å². The molecular formula is C16H18N4O2. The van der Waals surface area contributed by atoms with Crippen LogP contribution in [0.1, 0.15) is 16.3 Å². The number of hydrogen-bond acceptors (Lipinski definition) is 5. The first-order valence-electron chi connectivity index (χ1n) is 6.78. The van der Waals surface area contributed by atoms with Gasteiger partial charge in [-0.3, -0.25) is 4.79 Å². The lowest BCUT2D eigenvalue weighted by molar-refractivity contribution is 0.102. The van der Waals surface area contributed by atoms with Gasteiger partial charge in [0.05, 0.1) is 7.11 Å². The molecule has 0 unspecified atom stereocenters. The Kier molecular flexibility index (Phi) is 5.08. The Morgan fingerprint density at radius 2 is 2.18 bits per heavy atom. The minimum Gasteiger partial charge on any atom is -0.497 e. The van der Waals surface area contributed by atoms with E-state index in [1.165, 1.54) is 0 Å². The molecule has 2 N–H and O–H groups in total. The highest BCUT2D eigenvalue weighted by Crippen LogP contribution is 2.17. The van der Waals surface area contributed by atoms with Crippen molar-refractivity contribution in [3.63, 3.8) is 0 Å². The van der Waals surface area contributed by atoms with E-state index in [1.54, 1.807) is 44.4 Å². The highest BCUT2D eigenvalue weighted by atomic mass is 16.5. The number of benzene rings is 1. The second kappa shape index (κ2) is 7.21. The molecule has 2 aromatic rings. The summed E-state index contributed by atoms with van der Waals surface area (Å²) in [5.41, 5.74) is 0.933. The van der Waals surface area contributed by atoms with Gasteiger partial charge in [-0.2, -0.15) is 0 Å². The van der Waals surface area contributed by atoms with Gasteiger partial charge < -0.3 is 15.4 Å². The first kappa shape index (κ1) is 15.5. The van der Waals surface area contributed by atoms with Crippen LogP contribution in [-0.2, 0) is 0 Å². The average molecular weight is 298 g/mol. The van der Waals surface area contributed by atoms with Crippen LogP contribution in [0, 0.1) is 6.92 Å². The zero-order valence-electron chi connectivity index (χ0n) is 12.6. The SMILES string of the molecule is C=CCNc1cc(C(=O)Nc2cccc(OC)c2)nc(C)n1. The van der Waals surface area contributed by atoms with Crippen LogP contribution in [0.3, 0.4) is 0 Å². The molecule has 114 valence electrons. The Morgan fingerprint density at radius 1 is 1.36 bits per heavy atom. The van der Waals surface area contributed by atoms with E-state index < -0.39 is 0 Å². The second-order valence-corrected chi connectivity index (χ2v) is 4.54. The highest BCUT2D eigenvalue weighted by molar-refractivity contribution is 6.03. The van der Waals surface area contributed by atoms with Crippen LogP contribution in [0.4, 0.5) is 11.5 Å². The van der Waals surface area contributed by atoms with Gasteiger partial charge in [0.25, 0.3) is 5.91 Å². The van der Waals surface area contributed by atoms with Gasteiger partial charge in [0.2, 0.25) is 0 Å². The van der Waals surface area contributed by atoms with Crippen LogP contribution in [0.2, 0.25) is 0 Å². The van der Waals surface area contributed by atoms with Crippen molar-refractivity contribution in [2.75, 3.05) is 24.3 Å². The topological polar surface area (TPSA) is 76.1 Å². The molecule has 0 saturated heterocycles. The Morgan fingerprint density at radius 3 is 2.91 bits per heavy atom. The number of nitrogens with zero attached hydrogens (tertiary/aromatic N) is 2. The molecule has 1 aromatic carbocycles. The van der Waals surface area contributed by atoms with Gasteiger partial charge >= 0.3 is 0 Å². The van der Waals surface area contributed by atoms with Crippen molar-refractivity contribution in [3.05, 3.63) is 54.5 Å². The van der Waals surface area contributed by atoms with Crippen LogP contribution in [-0.4, -0.2) is 29.5 Å². The molecular weight excluding hydrogens is 280 g/mol. The number of carbonyl (C=O) groups excluding carboxylic acids is 1. The summed E-state index contributed by atoms with van der Waals surface area (Å²) in [6.07, 6.45) is 1.72. The first-order valence-corrected chi connectivity index (χ1v) is 6.78. The molecule has 1 aromatic heterocycles. The lowest BCUT2D eigenvalue weighted by atomic mass is 10.2. The van der Waals surface area contributed by atoms with E-state index in [0.717, 1.165) is 0 Å². The molecule has 0 aliphatic rings. The monoisotopic (exact) mass is 298 g/mol. The van der Waals surface area contributed by atoms with Gasteiger partial charge in [0.15, 0.2) is 0 Å². The number of aryl methyl sites for hydroxylation is 1. The molecule has 0 bridgehead atoms. The number of amides is 1. The Balaban J connectivity index is 2.17. The molecule has 0 aliphatic carbocycles. The molecule has 22 heavy (non-hydrogen) atoms. The van der Waals surface area contributed by atoms with Crippen LogP contribution < -0.4 is 15.4 Å². The molecule has 1 heterocycles. The van der Waals surface area contributed by atoms with E-state index in [9.17, 15) is 4.79 Å². The second-order valence-electron chi connectivity index (χ2n) is 4.54. The van der Waals surface area contributed by atoms with Crippen molar-refractivity contribution in [1.29, 1.82) is 0 Å². The predicted octanol–water partition coefficient (Wildman–Crippen LogP) is 2.64. The van der Waals surface area contributed by atoms with Gasteiger partial charge in [-0.1, -0.05) is 12.1 Å². The van der Waals surface area contributed by atoms with Gasteiger partial charge in [0.1, 0.15) is 23.1 Å². The van der Waals surface area contributed by atoms with E-state index in [0.29, 0.717) is 35.3 Å². The number of aromatic nitrogens is 2. The van der Waals surface area contributed by atoms with Crippen LogP contribution in [0.25, 0.3) is 0 Å². The fraction of sp³-hybridized carbons (Fsp3) is 0.188. The van der Waals surface area contributed by atoms with Crippen LogP contribution >= 0.6 is 0 Å². The maximum absolute atomic E-state index is 12.3. The summed E-state index contributed by atoms with van der Waals surface area (Å²) >= 11 is 0. The zero-order valence-corrected chi connectivity index (χ0v) is 12.6. The minimum absolute atomic E-state index is 0.293. The highest BCUT2D eigenvalue weighted by Gasteiger charge is 2.11. The number of carbonyl (C=O) groups is 1. The molecule has 0 aliphatic heterocycles. The summed E-state index contributed by atoms with van der Waals surface area (Å²) in [5, 5.41) is 5.83. The number of methoxy groups -OCH3 is 1. The van der Waals surface area contributed by atoms with E-state index in [1.807, 2.05) is 6.07 Å². The summed E-state index contributed by atoms with van der Waals surface area (Å²) in [6.45, 7) is 5.93. The molecule has 6 heteroatoms. The number of nitrogens with one attached hydrogen (secondary N) is 2. The molecule has 2 rings (SSSR count). The summed E-state index contributed by atoms with van der Waals surface area (Å²) in [5.74, 6) is 1.47. The van der Waals surface area contributed by atoms with Gasteiger partial charge in [-0.15, -0.1) is 6.58 Å². The Hall–Kier alpha value is -2.89. The average Bonchev–Trinajstić information content (AvgIpc) is 2.52. The number of ether oxygens (including phenoxy) is 1. The van der Waals surface area contributed by atoms with Crippen molar-refractivity contribution in [2.45, 2.75) is 6.92 Å². The van der Waals surface area contributed by atoms with E-state index in [2.05, 4.69) is 27.2 Å². The fourth-order valence-electron chi connectivity index (χ4n) is 1.85. The fourth-order valence-corrected chi connectivity index (χ4v) is 1.85. The Labute approximate surface area is 129 Å². The maximum Gasteiger partial charge on any atom is 0.274 e. The normalized spacial score (nSPS) is 9.91. The molecule has 0 atom stereocenters. The van der Waals surface area contributed by atoms with E-state index in [4.69, 9.17) is 4.74 Å². The lowest BCUT2D eigenvalue weighted by Gasteiger charge is -2.09. The summed E-state index contributed by atoms with van der Waals surface area (Å²) in [4.78, 5) is 20.7. The molecule has 0 spiro atoms. The largest absolute Gasteiger partial charge is 0.497 e. The van der Waals surface area contributed by atoms with Gasteiger partial charge in [-0.05, 0) is 19.1 Å². The van der Waals surface area contributed by atoms with E-state index in [-0.39, 0.29) is 5.91 Å². The third-order valence-electron chi connectivity index (χ3n) is 2.83. The molecule has 0 radical (unpaired) electrons. The van der Waals surface area contributed by atoms with Crippen LogP contribution in [0.5, 0.6) is 5.75 Å². The van der Waals surface area contributed by atoms with E-state index >= 15 is 0 Å². The third-order valence-corrected chi connectivity index (χ3v) is 2.83. The number of hydrogen-bond donors (Lipinski definition) is 2. The van der Waals surface area contributed by atoms with Crippen molar-refractivity contribution < 1.29 is 9.53 Å². The molecule has 0 saturated carbocycles. The van der Waals surface area contributed by atoms with Crippen molar-refractivity contribution in [2.24, 2.45) is 0 Å². The first-order chi connectivity index (χ1) is 10.6. The zero-order chi connectivity index (χ0) is 15.9. The third kappa shape index (κ3) is 4.05. The smallest absolute Gasteiger partial charge is 0.274 e. The molecule has 6 nitrogen and oxygen atoms in total. The number of anilines is 2. The quantitative estimate of drug-likeness (QED) is 0.802. The predicted molar refractivity (Wildman–Crippen MR) is 86.4 cm³/mol. The number of rotatable bonds is 6. The molecule has 1 amide bonds. The van der Waals surface area contributed by atoms with Crippen LogP contribution in [0.15, 0.2) is 43.0 Å². The van der Waals surface area contributed by atoms with Gasteiger partial charge in [0, 0.05) is 24.4 Å². The maximum atomic E-state index is 12.3. The lowest BCUT2D eigenvalue weighted by Crippen LogP contribution is -2.16. The Bertz CT molecular complexity index is 686. The minimum atomic E-state index is -0.305. The van der Waals surface area contributed by atoms with Crippen molar-refractivity contribution in [1.82, 2.24) is 9.97 Å². The summed E-state index contributed by atoms with van der Waals surface area (Å²) < 4.78 is 5.13. The standard InChI is InChI=1S/C16H18N4O2/c1-4-8-17-15-10-14(18-11(2)19-15)16(21)20-12-6-5-7-13(9-12)22-3/h4-7,9-10H,1,8H2,2-3H3,(H,20,21)(H,17,18,19). The van der Waals surface area contributed by atoms with Gasteiger partial charge in [-0.25, -0.2) is 9.97 Å². The molecule has 0 fully saturated rings. The summed E-state index contributed by atoms with van der Waals surface area (Å²) in [7, 11) is 1.58. The van der Waals surface area contributed by atoms with Crippen molar-refractivity contribution >= 4 is 17.4 Å². The summed E-state index contributed by atoms with van der Waals surface area (Å²) in [6, 6.07) is 8.73.